The number of nitrogens with two attached hydrogens (primary N) is 1. The molecule has 0 heterocycles. The van der Waals surface area contributed by atoms with Crippen LogP contribution in [0.1, 0.15) is 5.56 Å². The topological polar surface area (TPSA) is 68.9 Å². The monoisotopic (exact) mass is 321 g/mol. The van der Waals surface area contributed by atoms with E-state index >= 15 is 0 Å². The van der Waals surface area contributed by atoms with Gasteiger partial charge < -0.3 is 20.5 Å². The number of nitrogens with one attached hydrogen (secondary N) is 1. The predicted octanol–water partition coefficient (Wildman–Crippen LogP) is 3.22. The molecule has 0 amide bonds. The Morgan fingerprint density at radius 2 is 1.87 bits per heavy atom. The Labute approximate surface area is 132 Å². The average molecular weight is 321 g/mol. The number of guanidine groups is 1. The fourth-order valence-electron chi connectivity index (χ4n) is 1.88. The first-order valence-electron chi connectivity index (χ1n) is 6.82. The number of anilines is 1. The summed E-state index contributed by atoms with van der Waals surface area (Å²) >= 11 is 0. The molecule has 7 heteroatoms. The first-order valence-corrected chi connectivity index (χ1v) is 6.82. The summed E-state index contributed by atoms with van der Waals surface area (Å²) in [4.78, 5) is 4.13. The van der Waals surface area contributed by atoms with Gasteiger partial charge in [-0.05, 0) is 30.3 Å². The number of ether oxygens (including phenoxy) is 2. The van der Waals surface area contributed by atoms with Gasteiger partial charge in [-0.2, -0.15) is 8.78 Å². The maximum atomic E-state index is 12.3. The Kier molecular flexibility index (Phi) is 5.74. The summed E-state index contributed by atoms with van der Waals surface area (Å²) in [5.41, 5.74) is 7.05. The number of benzene rings is 2. The summed E-state index contributed by atoms with van der Waals surface area (Å²) in [5.74, 6) is 0.981. The molecule has 0 radical (unpaired) electrons. The van der Waals surface area contributed by atoms with Gasteiger partial charge in [-0.15, -0.1) is 0 Å². The van der Waals surface area contributed by atoms with E-state index in [0.29, 0.717) is 5.56 Å². The molecular weight excluding hydrogens is 304 g/mol. The van der Waals surface area contributed by atoms with Crippen LogP contribution in [0.25, 0.3) is 0 Å². The van der Waals surface area contributed by atoms with Crippen molar-refractivity contribution >= 4 is 11.6 Å². The quantitative estimate of drug-likeness (QED) is 0.633. The lowest BCUT2D eigenvalue weighted by Crippen LogP contribution is -2.22. The van der Waals surface area contributed by atoms with Gasteiger partial charge in [0.1, 0.15) is 11.5 Å². The third-order valence-electron chi connectivity index (χ3n) is 2.97. The van der Waals surface area contributed by atoms with Gasteiger partial charge in [-0.1, -0.05) is 18.2 Å². The van der Waals surface area contributed by atoms with Crippen LogP contribution in [0.15, 0.2) is 53.5 Å². The van der Waals surface area contributed by atoms with Crippen molar-refractivity contribution in [3.8, 4) is 11.5 Å². The number of nitrogens with zero attached hydrogens (tertiary/aromatic N) is 1. The molecule has 0 saturated heterocycles. The zero-order valence-electron chi connectivity index (χ0n) is 12.5. The summed E-state index contributed by atoms with van der Waals surface area (Å²) in [5, 5.41) is 2.91. The summed E-state index contributed by atoms with van der Waals surface area (Å²) in [6.07, 6.45) is 0. The third kappa shape index (κ3) is 5.14. The Balaban J connectivity index is 2.01. The minimum atomic E-state index is -2.88. The lowest BCUT2D eigenvalue weighted by atomic mass is 10.2. The number of hydrogen-bond donors (Lipinski definition) is 2. The van der Waals surface area contributed by atoms with Gasteiger partial charge in [-0.25, -0.2) is 4.99 Å². The molecular formula is C16H17F2N3O2. The summed E-state index contributed by atoms with van der Waals surface area (Å²) in [7, 11) is 1.58. The standard InChI is InChI=1S/C16H17F2N3O2/c1-22-13-8-6-12(7-9-13)21-16(19)20-10-11-4-2-3-5-14(11)23-15(17)18/h2-9,15H,10H2,1H3,(H3,19,20,21). The van der Waals surface area contributed by atoms with E-state index < -0.39 is 6.61 Å². The molecule has 0 aliphatic rings. The Morgan fingerprint density at radius 3 is 2.52 bits per heavy atom. The molecule has 2 rings (SSSR count). The maximum absolute atomic E-state index is 12.3. The van der Waals surface area contributed by atoms with Crippen LogP contribution in [0.2, 0.25) is 0 Å². The second-order valence-electron chi connectivity index (χ2n) is 4.54. The van der Waals surface area contributed by atoms with Crippen molar-refractivity contribution in [2.24, 2.45) is 10.7 Å². The number of alkyl halides is 2. The highest BCUT2D eigenvalue weighted by Crippen LogP contribution is 2.21. The summed E-state index contributed by atoms with van der Waals surface area (Å²) in [6.45, 7) is -2.76. The predicted molar refractivity (Wildman–Crippen MR) is 85.0 cm³/mol. The first-order chi connectivity index (χ1) is 11.1. The highest BCUT2D eigenvalue weighted by molar-refractivity contribution is 5.92. The minimum Gasteiger partial charge on any atom is -0.497 e. The minimum absolute atomic E-state index is 0.0866. The van der Waals surface area contributed by atoms with Crippen molar-refractivity contribution in [1.82, 2.24) is 0 Å². The van der Waals surface area contributed by atoms with Crippen molar-refractivity contribution < 1.29 is 18.3 Å². The normalized spacial score (nSPS) is 11.4. The van der Waals surface area contributed by atoms with Crippen LogP contribution in [-0.4, -0.2) is 19.7 Å². The van der Waals surface area contributed by atoms with Gasteiger partial charge in [0.2, 0.25) is 0 Å². The van der Waals surface area contributed by atoms with Crippen LogP contribution < -0.4 is 20.5 Å². The summed E-state index contributed by atoms with van der Waals surface area (Å²) in [6, 6.07) is 13.6. The Bertz CT molecular complexity index is 661. The molecule has 0 unspecified atom stereocenters. The fourth-order valence-corrected chi connectivity index (χ4v) is 1.88. The van der Waals surface area contributed by atoms with Crippen LogP contribution in [0.4, 0.5) is 14.5 Å². The van der Waals surface area contributed by atoms with E-state index in [1.807, 2.05) is 0 Å². The van der Waals surface area contributed by atoms with Gasteiger partial charge in [0, 0.05) is 11.3 Å². The van der Waals surface area contributed by atoms with Crippen molar-refractivity contribution in [2.45, 2.75) is 13.2 Å². The van der Waals surface area contributed by atoms with E-state index in [2.05, 4.69) is 15.0 Å². The van der Waals surface area contributed by atoms with Crippen LogP contribution in [0, 0.1) is 0 Å². The molecule has 0 aliphatic carbocycles. The molecule has 0 spiro atoms. The molecule has 0 atom stereocenters. The first kappa shape index (κ1) is 16.5. The molecule has 0 aromatic heterocycles. The highest BCUT2D eigenvalue weighted by atomic mass is 19.3. The molecule has 0 aliphatic heterocycles. The largest absolute Gasteiger partial charge is 0.497 e. The molecule has 23 heavy (non-hydrogen) atoms. The van der Waals surface area contributed by atoms with Crippen LogP contribution in [0.3, 0.4) is 0 Å². The van der Waals surface area contributed by atoms with Crippen LogP contribution in [-0.2, 0) is 6.54 Å². The van der Waals surface area contributed by atoms with E-state index in [4.69, 9.17) is 10.5 Å². The van der Waals surface area contributed by atoms with Crippen molar-refractivity contribution in [3.05, 3.63) is 54.1 Å². The maximum Gasteiger partial charge on any atom is 0.387 e. The molecule has 3 N–H and O–H groups in total. The Morgan fingerprint density at radius 1 is 1.17 bits per heavy atom. The number of para-hydroxylation sites is 1. The second kappa shape index (κ2) is 7.98. The smallest absolute Gasteiger partial charge is 0.387 e. The van der Waals surface area contributed by atoms with Crippen molar-refractivity contribution in [3.63, 3.8) is 0 Å². The molecule has 0 bridgehead atoms. The zero-order valence-corrected chi connectivity index (χ0v) is 12.5. The van der Waals surface area contributed by atoms with E-state index in [-0.39, 0.29) is 18.3 Å². The lowest BCUT2D eigenvalue weighted by Gasteiger charge is -2.10. The molecule has 5 nitrogen and oxygen atoms in total. The number of methoxy groups -OCH3 is 1. The van der Waals surface area contributed by atoms with Gasteiger partial charge in [-0.3, -0.25) is 0 Å². The Hall–Kier alpha value is -2.83. The van der Waals surface area contributed by atoms with Crippen molar-refractivity contribution in [1.29, 1.82) is 0 Å². The number of hydrogen-bond acceptors (Lipinski definition) is 3. The third-order valence-corrected chi connectivity index (χ3v) is 2.97. The van der Waals surface area contributed by atoms with Crippen molar-refractivity contribution in [2.75, 3.05) is 12.4 Å². The molecule has 0 saturated carbocycles. The average Bonchev–Trinajstić information content (AvgIpc) is 2.54. The van der Waals surface area contributed by atoms with Crippen LogP contribution >= 0.6 is 0 Å². The second-order valence-corrected chi connectivity index (χ2v) is 4.54. The molecule has 2 aromatic rings. The van der Waals surface area contributed by atoms with Gasteiger partial charge in [0.25, 0.3) is 0 Å². The van der Waals surface area contributed by atoms with E-state index in [0.717, 1.165) is 11.4 Å². The van der Waals surface area contributed by atoms with Gasteiger partial charge in [0.05, 0.1) is 13.7 Å². The number of halogens is 2. The fraction of sp³-hybridized carbons (Fsp3) is 0.188. The molecule has 0 fully saturated rings. The highest BCUT2D eigenvalue weighted by Gasteiger charge is 2.08. The van der Waals surface area contributed by atoms with Gasteiger partial charge in [0.15, 0.2) is 5.96 Å². The van der Waals surface area contributed by atoms with E-state index in [1.54, 1.807) is 49.6 Å². The number of aliphatic imine (C=N–C) groups is 1. The van der Waals surface area contributed by atoms with E-state index in [1.165, 1.54) is 6.07 Å². The number of rotatable bonds is 6. The zero-order chi connectivity index (χ0) is 16.7. The summed E-state index contributed by atoms with van der Waals surface area (Å²) < 4.78 is 34.2. The van der Waals surface area contributed by atoms with Crippen LogP contribution in [0.5, 0.6) is 11.5 Å². The molecule has 122 valence electrons. The lowest BCUT2D eigenvalue weighted by molar-refractivity contribution is -0.0504. The van der Waals surface area contributed by atoms with E-state index in [9.17, 15) is 8.78 Å². The molecule has 2 aromatic carbocycles. The SMILES string of the molecule is COc1ccc(NC(N)=NCc2ccccc2OC(F)F)cc1. The van der Waals surface area contributed by atoms with Gasteiger partial charge >= 0.3 is 6.61 Å².